The maximum Gasteiger partial charge on any atom is 0.322 e. The number of aldehydes is 1. The van der Waals surface area contributed by atoms with E-state index in [1.54, 1.807) is 62.8 Å². The molecule has 13 aromatic rings. The van der Waals surface area contributed by atoms with Crippen LogP contribution < -0.4 is 29.2 Å². The fourth-order valence-corrected chi connectivity index (χ4v) is 20.7. The van der Waals surface area contributed by atoms with Gasteiger partial charge in [0.15, 0.2) is 6.29 Å². The fourth-order valence-electron chi connectivity index (χ4n) is 20.7. The SMILES string of the molecule is CC#CC#CC#CC#CC#CC#CC#CC#CC#CC#CC#CC#CC#CC#CC#CC#CC#CC#CC#CC#CC#CC#CC#CC#CC#CC#CC#CC#CC#CC.COc1cccc(OC)c1C1N(c2c(F)cccc2F)CC2c3cc4c5c6c(cc7cc8c9c%10c%11c%12c%13c%14c%15c(c%16c3c5c(c%16%13)c3c6c7c9c%123)C21CC%15C=C(C=C%10C8)C%14%11)C4.COc1cccc(OC)c1C=O.O=C(O)CNc1c(F)cccc1F. The summed E-state index contributed by atoms with van der Waals surface area (Å²) in [4.78, 5) is 22.8. The zero-order chi connectivity index (χ0) is 100. The topological polar surface area (TPSA) is 107 Å². The Labute approximate surface area is 834 Å². The van der Waals surface area contributed by atoms with Crippen LogP contribution in [0, 0.1) is 367 Å². The van der Waals surface area contributed by atoms with Crippen molar-refractivity contribution in [3.05, 3.63) is 193 Å². The summed E-state index contributed by atoms with van der Waals surface area (Å²) >= 11 is 0. The molecule has 1 spiro atoms. The van der Waals surface area contributed by atoms with Gasteiger partial charge in [-0.1, -0.05) is 66.5 Å². The first-order valence-electron chi connectivity index (χ1n) is 44.0. The molecule has 5 atom stereocenters. The van der Waals surface area contributed by atoms with Crippen molar-refractivity contribution >= 4 is 115 Å². The lowest BCUT2D eigenvalue weighted by molar-refractivity contribution is -0.134. The highest BCUT2D eigenvalue weighted by atomic mass is 19.1. The average molecular weight is 1850 g/mol. The van der Waals surface area contributed by atoms with Crippen molar-refractivity contribution in [1.82, 2.24) is 0 Å². The Morgan fingerprint density at radius 3 is 1.14 bits per heavy atom. The number of nitrogens with zero attached hydrogens (tertiary/aromatic N) is 1. The second kappa shape index (κ2) is 42.3. The first kappa shape index (κ1) is 93.0. The van der Waals surface area contributed by atoms with Crippen molar-refractivity contribution in [3.8, 4) is 366 Å². The van der Waals surface area contributed by atoms with Crippen molar-refractivity contribution < 1.29 is 51.2 Å². The minimum absolute atomic E-state index is 0.0403. The molecule has 145 heavy (non-hydrogen) atoms. The van der Waals surface area contributed by atoms with Crippen LogP contribution in [0.25, 0.3) is 91.8 Å². The highest BCUT2D eigenvalue weighted by Gasteiger charge is 2.67. The number of carboxylic acids is 1. The van der Waals surface area contributed by atoms with E-state index in [9.17, 15) is 18.4 Å². The van der Waals surface area contributed by atoms with Gasteiger partial charge in [0, 0.05) is 267 Å². The van der Waals surface area contributed by atoms with Gasteiger partial charge in [-0.05, 0) is 324 Å². The molecule has 7 aliphatic carbocycles. The van der Waals surface area contributed by atoms with E-state index in [1.165, 1.54) is 169 Å². The number of hydrogen-bond donors (Lipinski definition) is 2. The molecule has 660 valence electrons. The molecule has 0 bridgehead atoms. The number of carbonyl (C=O) groups excluding carboxylic acids is 1. The first-order chi connectivity index (χ1) is 71.4. The van der Waals surface area contributed by atoms with E-state index in [-0.39, 0.29) is 23.4 Å². The van der Waals surface area contributed by atoms with Gasteiger partial charge in [0.05, 0.1) is 45.6 Å². The summed E-state index contributed by atoms with van der Waals surface area (Å²) in [5, 5.41) is 34.2. The molecule has 13 heteroatoms. The van der Waals surface area contributed by atoms with E-state index in [0.717, 1.165) is 43.2 Å². The molecule has 5 unspecified atom stereocenters. The number of halogens is 4. The third-order valence-electron chi connectivity index (χ3n) is 24.8. The van der Waals surface area contributed by atoms with Crippen LogP contribution in [0.2, 0.25) is 0 Å². The summed E-state index contributed by atoms with van der Waals surface area (Å²) in [7, 11) is 6.46. The molecule has 1 saturated heterocycles. The Morgan fingerprint density at radius 2 is 0.738 bits per heavy atom. The van der Waals surface area contributed by atoms with E-state index >= 15 is 8.78 Å². The van der Waals surface area contributed by atoms with Gasteiger partial charge in [-0.25, -0.2) is 17.6 Å². The largest absolute Gasteiger partial charge is 0.496 e. The molecule has 8 aliphatic rings. The Morgan fingerprint density at radius 1 is 0.393 bits per heavy atom. The number of allylic oxidation sites excluding steroid dienone is 4. The summed E-state index contributed by atoms with van der Waals surface area (Å²) < 4.78 is 81.5. The predicted octanol–water partition coefficient (Wildman–Crippen LogP) is 16.8. The van der Waals surface area contributed by atoms with Gasteiger partial charge in [0.1, 0.15) is 64.2 Å². The van der Waals surface area contributed by atoms with Crippen molar-refractivity contribution in [2.24, 2.45) is 0 Å². The number of nitrogens with one attached hydrogen (secondary N) is 1. The van der Waals surface area contributed by atoms with E-state index in [0.29, 0.717) is 35.1 Å². The third-order valence-corrected chi connectivity index (χ3v) is 24.8. The maximum atomic E-state index is 16.7. The van der Waals surface area contributed by atoms with E-state index < -0.39 is 52.9 Å². The van der Waals surface area contributed by atoms with Crippen LogP contribution in [0.5, 0.6) is 23.0 Å². The van der Waals surface area contributed by atoms with Gasteiger partial charge < -0.3 is 34.3 Å². The first-order valence-corrected chi connectivity index (χ1v) is 44.0. The molecule has 2 N–H and O–H groups in total. The van der Waals surface area contributed by atoms with Crippen LogP contribution in [0.1, 0.15) is 110 Å². The third kappa shape index (κ3) is 17.4. The minimum Gasteiger partial charge on any atom is -0.496 e. The number of fused-ring (bicyclic) bond motifs is 1. The molecular weight excluding hydrogens is 1800 g/mol. The van der Waals surface area contributed by atoms with Crippen LogP contribution in [0.3, 0.4) is 0 Å². The number of anilines is 2. The zero-order valence-corrected chi connectivity index (χ0v) is 77.1. The zero-order valence-electron chi connectivity index (χ0n) is 77.1. The predicted molar refractivity (Wildman–Crippen MR) is 559 cm³/mol. The number of hydrogen-bond acceptors (Lipinski definition) is 8. The Hall–Kier alpha value is -22.4. The number of methoxy groups -OCH3 is 4. The van der Waals surface area contributed by atoms with Crippen molar-refractivity contribution in [3.63, 3.8) is 0 Å². The molecule has 1 heterocycles. The molecule has 0 aromatic heterocycles. The number of rotatable bonds is 10. The fraction of sp³-hybridized carbons (Fsp3) is 0.121. The number of para-hydroxylation sites is 2. The lowest BCUT2D eigenvalue weighted by Crippen LogP contribution is -2.38. The van der Waals surface area contributed by atoms with Gasteiger partial charge in [-0.3, -0.25) is 9.59 Å². The van der Waals surface area contributed by atoms with Gasteiger partial charge in [-0.15, -0.1) is 0 Å². The van der Waals surface area contributed by atoms with Crippen LogP contribution in [-0.2, 0) is 23.1 Å². The van der Waals surface area contributed by atoms with Crippen molar-refractivity contribution in [2.45, 2.75) is 62.3 Å². The van der Waals surface area contributed by atoms with Crippen LogP contribution >= 0.6 is 0 Å². The Balaban J connectivity index is 0.000000154. The van der Waals surface area contributed by atoms with Crippen LogP contribution in [0.15, 0.2) is 109 Å². The second-order valence-corrected chi connectivity index (χ2v) is 31.8. The molecule has 9 nitrogen and oxygen atoms in total. The van der Waals surface area contributed by atoms with Crippen molar-refractivity contribution in [2.75, 3.05) is 51.7 Å². The van der Waals surface area contributed by atoms with Gasteiger partial charge in [0.2, 0.25) is 0 Å². The Kier molecular flexibility index (Phi) is 27.1. The van der Waals surface area contributed by atoms with Gasteiger partial charge >= 0.3 is 5.97 Å². The quantitative estimate of drug-likeness (QED) is 0.0599. The standard InChI is InChI=1S/C60H6.C55H29F2NO2.C9H10O3.C8H7F2NO2/c1-3-5-7-9-11-13-15-17-19-21-23-25-27-29-31-33-35-37-39-41-43-45-47-49-51-53-55-57-59-60-58-56-54-52-50-48-46-44-42-40-38-36-34-32-30-28-26-24-22-20-18-16-14-12-10-8-6-4-2;1-59-29-7-4-8-30(60-2)39(29)54-55-16-24-14-22-12-19-9-18-10-21-11-20-13-23-15-25(26(55)17-58(54)53-27(56)5-3-6-28(53)57)38-44-34(23)33(20)41-35(21)40-31(18)32(19)42-36(22)43-37(24)52(55)51(38)50-48(43)46(42)45(40)47(41)49(44)50;1-11-8-4-3-5-9(12-2)7(8)6-10;9-5-2-1-3-6(10)8(5)11-4-7(12)13/h1-2H3;3-8,10-12,14-15,24,26,36,54H,9,13,16-17H2,1-2H3;3-6H,1-2H3;1-3,11H,4H2,(H,12,13). The van der Waals surface area contributed by atoms with E-state index in [2.05, 4.69) is 384 Å². The normalized spacial score (nSPS) is 13.7. The maximum absolute atomic E-state index is 16.7. The van der Waals surface area contributed by atoms with E-state index in [1.807, 2.05) is 18.2 Å². The molecule has 21 rings (SSSR count). The number of carbonyl (C=O) groups is 2. The second-order valence-electron chi connectivity index (χ2n) is 31.8. The summed E-state index contributed by atoms with van der Waals surface area (Å²) in [5.41, 5.74) is 16.7. The summed E-state index contributed by atoms with van der Waals surface area (Å²) in [5.74, 6) is 145. The highest BCUT2D eigenvalue weighted by Crippen LogP contribution is 2.78. The minimum atomic E-state index is -1.18. The summed E-state index contributed by atoms with van der Waals surface area (Å²) in [6.45, 7) is 3.33. The monoisotopic (exact) mass is 1850 g/mol. The molecular formula is C132H52F4N2O7. The average Bonchev–Trinajstić information content (AvgIpc) is 1.43. The number of carboxylic acid groups (broad SMARTS) is 1. The molecule has 13 aromatic carbocycles. The molecule has 0 amide bonds. The molecule has 1 fully saturated rings. The number of ether oxygens (including phenoxy) is 4. The van der Waals surface area contributed by atoms with Crippen molar-refractivity contribution in [1.29, 1.82) is 0 Å². The van der Waals surface area contributed by atoms with Gasteiger partial charge in [0.25, 0.3) is 0 Å². The highest BCUT2D eigenvalue weighted by molar-refractivity contribution is 6.59. The molecule has 0 saturated carbocycles. The van der Waals surface area contributed by atoms with Crippen LogP contribution in [0.4, 0.5) is 28.9 Å². The Bertz CT molecular complexity index is 9970. The lowest BCUT2D eigenvalue weighted by Gasteiger charge is -2.43. The lowest BCUT2D eigenvalue weighted by atomic mass is 9.60. The number of benzene rings is 11. The van der Waals surface area contributed by atoms with Crippen LogP contribution in [-0.4, -0.2) is 58.9 Å². The summed E-state index contributed by atoms with van der Waals surface area (Å²) in [6.07, 6.45) is 8.71. The molecule has 0 radical (unpaired) electrons. The van der Waals surface area contributed by atoms with E-state index in [4.69, 9.17) is 24.1 Å². The smallest absolute Gasteiger partial charge is 0.322 e. The molecule has 1 aliphatic heterocycles. The summed E-state index contributed by atoms with van der Waals surface area (Å²) in [6, 6.07) is 26.0. The van der Waals surface area contributed by atoms with Gasteiger partial charge in [-0.2, -0.15) is 0 Å². The number of aliphatic carboxylic acids is 1.